The van der Waals surface area contributed by atoms with Gasteiger partial charge >= 0.3 is 0 Å². The summed E-state index contributed by atoms with van der Waals surface area (Å²) in [6.45, 7) is 0. The summed E-state index contributed by atoms with van der Waals surface area (Å²) in [5.74, 6) is 1.92. The summed E-state index contributed by atoms with van der Waals surface area (Å²) in [4.78, 5) is 4.49. The van der Waals surface area contributed by atoms with E-state index >= 15 is 0 Å². The Kier molecular flexibility index (Phi) is 5.96. The van der Waals surface area contributed by atoms with Crippen molar-refractivity contribution in [3.05, 3.63) is 23.0 Å². The van der Waals surface area contributed by atoms with Gasteiger partial charge in [0.25, 0.3) is 0 Å². The monoisotopic (exact) mass is 373 g/mol. The van der Waals surface area contributed by atoms with Gasteiger partial charge < -0.3 is 19.7 Å². The summed E-state index contributed by atoms with van der Waals surface area (Å²) in [6, 6.07) is 3.49. The molecule has 1 aromatic carbocycles. The van der Waals surface area contributed by atoms with Crippen molar-refractivity contribution in [1.82, 2.24) is 10.1 Å². The van der Waals surface area contributed by atoms with E-state index in [0.717, 1.165) is 25.7 Å². The van der Waals surface area contributed by atoms with Gasteiger partial charge in [-0.15, -0.1) is 12.4 Å². The average molecular weight is 374 g/mol. The summed E-state index contributed by atoms with van der Waals surface area (Å²) in [5.41, 5.74) is 6.61. The van der Waals surface area contributed by atoms with Crippen LogP contribution in [0.2, 0.25) is 5.02 Å². The van der Waals surface area contributed by atoms with Gasteiger partial charge in [-0.1, -0.05) is 36.0 Å². The first-order valence-corrected chi connectivity index (χ1v) is 8.00. The highest BCUT2D eigenvalue weighted by molar-refractivity contribution is 6.32. The van der Waals surface area contributed by atoms with Crippen LogP contribution in [0, 0.1) is 0 Å². The number of nitrogens with two attached hydrogens (primary N) is 1. The number of aromatic nitrogens is 2. The van der Waals surface area contributed by atoms with E-state index < -0.39 is 5.54 Å². The molecule has 1 aliphatic rings. The highest BCUT2D eigenvalue weighted by atomic mass is 35.5. The SMILES string of the molecule is COc1cc(-c2noc(C3(N)CCCCC3)n2)cc(Cl)c1OC.Cl. The molecule has 2 N–H and O–H groups in total. The van der Waals surface area contributed by atoms with Crippen molar-refractivity contribution in [1.29, 1.82) is 0 Å². The predicted molar refractivity (Wildman–Crippen MR) is 94.0 cm³/mol. The molecule has 132 valence electrons. The molecule has 24 heavy (non-hydrogen) atoms. The van der Waals surface area contributed by atoms with Crippen LogP contribution in [0.15, 0.2) is 16.7 Å². The summed E-state index contributed by atoms with van der Waals surface area (Å²) in [5, 5.41) is 4.48. The van der Waals surface area contributed by atoms with E-state index in [9.17, 15) is 0 Å². The van der Waals surface area contributed by atoms with Crippen LogP contribution >= 0.6 is 24.0 Å². The molecule has 0 amide bonds. The molecule has 0 spiro atoms. The Hall–Kier alpha value is -1.50. The molecule has 3 rings (SSSR count). The Morgan fingerprint density at radius 1 is 1.17 bits per heavy atom. The maximum Gasteiger partial charge on any atom is 0.247 e. The molecule has 1 heterocycles. The maximum atomic E-state index is 6.44. The highest BCUT2D eigenvalue weighted by Gasteiger charge is 2.35. The first-order valence-electron chi connectivity index (χ1n) is 7.62. The summed E-state index contributed by atoms with van der Waals surface area (Å²) >= 11 is 6.23. The molecule has 0 bridgehead atoms. The average Bonchev–Trinajstić information content (AvgIpc) is 3.05. The van der Waals surface area contributed by atoms with Crippen LogP contribution in [0.3, 0.4) is 0 Å². The zero-order valence-electron chi connectivity index (χ0n) is 13.7. The largest absolute Gasteiger partial charge is 0.493 e. The molecule has 1 saturated carbocycles. The lowest BCUT2D eigenvalue weighted by Gasteiger charge is -2.29. The lowest BCUT2D eigenvalue weighted by atomic mass is 9.82. The molecule has 8 heteroatoms. The van der Waals surface area contributed by atoms with Gasteiger partial charge in [0.1, 0.15) is 0 Å². The van der Waals surface area contributed by atoms with Gasteiger partial charge in [0, 0.05) is 5.56 Å². The molecule has 6 nitrogen and oxygen atoms in total. The smallest absolute Gasteiger partial charge is 0.247 e. The maximum absolute atomic E-state index is 6.44. The van der Waals surface area contributed by atoms with Crippen LogP contribution in [-0.2, 0) is 5.54 Å². The summed E-state index contributed by atoms with van der Waals surface area (Å²) in [7, 11) is 3.09. The Morgan fingerprint density at radius 2 is 1.88 bits per heavy atom. The van der Waals surface area contributed by atoms with Crippen LogP contribution in [0.5, 0.6) is 11.5 Å². The molecule has 0 atom stereocenters. The summed E-state index contributed by atoms with van der Waals surface area (Å²) in [6.07, 6.45) is 5.08. The third-order valence-corrected chi connectivity index (χ3v) is 4.57. The number of hydrogen-bond donors (Lipinski definition) is 1. The van der Waals surface area contributed by atoms with E-state index in [1.165, 1.54) is 13.5 Å². The Balaban J connectivity index is 0.00000208. The quantitative estimate of drug-likeness (QED) is 0.873. The second-order valence-electron chi connectivity index (χ2n) is 5.83. The number of halogens is 2. The van der Waals surface area contributed by atoms with E-state index in [4.69, 9.17) is 31.3 Å². The van der Waals surface area contributed by atoms with E-state index in [-0.39, 0.29) is 12.4 Å². The predicted octanol–water partition coefficient (Wildman–Crippen LogP) is 3.95. The van der Waals surface area contributed by atoms with Gasteiger partial charge in [-0.05, 0) is 25.0 Å². The van der Waals surface area contributed by atoms with Crippen LogP contribution in [-0.4, -0.2) is 24.4 Å². The third-order valence-electron chi connectivity index (χ3n) is 4.29. The first kappa shape index (κ1) is 18.8. The molecule has 2 aromatic rings. The van der Waals surface area contributed by atoms with Gasteiger partial charge in [-0.2, -0.15) is 4.98 Å². The van der Waals surface area contributed by atoms with Crippen LogP contribution in [0.1, 0.15) is 38.0 Å². The third kappa shape index (κ3) is 3.45. The normalized spacial score (nSPS) is 16.3. The van der Waals surface area contributed by atoms with Crippen molar-refractivity contribution in [2.75, 3.05) is 14.2 Å². The number of nitrogens with zero attached hydrogens (tertiary/aromatic N) is 2. The van der Waals surface area contributed by atoms with Gasteiger partial charge in [0.05, 0.1) is 24.8 Å². The Labute approximate surface area is 152 Å². The van der Waals surface area contributed by atoms with Gasteiger partial charge in [-0.3, -0.25) is 0 Å². The van der Waals surface area contributed by atoms with Gasteiger partial charge in [0.2, 0.25) is 11.7 Å². The molecule has 1 fully saturated rings. The Bertz CT molecular complexity index is 700. The topological polar surface area (TPSA) is 83.4 Å². The minimum atomic E-state index is -0.524. The zero-order valence-corrected chi connectivity index (χ0v) is 15.2. The fraction of sp³-hybridized carbons (Fsp3) is 0.500. The minimum absolute atomic E-state index is 0. The lowest BCUT2D eigenvalue weighted by Crippen LogP contribution is -2.38. The van der Waals surface area contributed by atoms with Crippen LogP contribution < -0.4 is 15.2 Å². The standard InChI is InChI=1S/C16H20ClN3O3.ClH/c1-21-12-9-10(8-11(17)13(12)22-2)14-19-15(23-20-14)16(18)6-4-3-5-7-16;/h8-9H,3-7,18H2,1-2H3;1H. The molecular weight excluding hydrogens is 353 g/mol. The molecule has 0 radical (unpaired) electrons. The van der Waals surface area contributed by atoms with Crippen molar-refractivity contribution >= 4 is 24.0 Å². The second kappa shape index (κ2) is 7.59. The van der Waals surface area contributed by atoms with Crippen LogP contribution in [0.4, 0.5) is 0 Å². The number of ether oxygens (including phenoxy) is 2. The van der Waals surface area contributed by atoms with E-state index in [2.05, 4.69) is 10.1 Å². The molecule has 0 saturated heterocycles. The minimum Gasteiger partial charge on any atom is -0.493 e. The van der Waals surface area contributed by atoms with Crippen LogP contribution in [0.25, 0.3) is 11.4 Å². The molecule has 0 aliphatic heterocycles. The van der Waals surface area contributed by atoms with Crippen molar-refractivity contribution < 1.29 is 14.0 Å². The number of rotatable bonds is 4. The Morgan fingerprint density at radius 3 is 2.50 bits per heavy atom. The summed E-state index contributed by atoms with van der Waals surface area (Å²) < 4.78 is 16.0. The van der Waals surface area contributed by atoms with E-state index in [1.54, 1.807) is 19.2 Å². The molecule has 1 aliphatic carbocycles. The lowest BCUT2D eigenvalue weighted by molar-refractivity contribution is 0.220. The van der Waals surface area contributed by atoms with Crippen molar-refractivity contribution in [3.8, 4) is 22.9 Å². The van der Waals surface area contributed by atoms with Crippen molar-refractivity contribution in [2.24, 2.45) is 5.73 Å². The highest BCUT2D eigenvalue weighted by Crippen LogP contribution is 2.39. The van der Waals surface area contributed by atoms with Gasteiger partial charge in [-0.25, -0.2) is 0 Å². The molecule has 0 unspecified atom stereocenters. The first-order chi connectivity index (χ1) is 11.1. The second-order valence-corrected chi connectivity index (χ2v) is 6.24. The van der Waals surface area contributed by atoms with Crippen molar-refractivity contribution in [3.63, 3.8) is 0 Å². The zero-order chi connectivity index (χ0) is 16.4. The fourth-order valence-electron chi connectivity index (χ4n) is 2.99. The molecule has 1 aromatic heterocycles. The fourth-order valence-corrected chi connectivity index (χ4v) is 3.27. The van der Waals surface area contributed by atoms with E-state index in [0.29, 0.717) is 33.8 Å². The van der Waals surface area contributed by atoms with E-state index in [1.807, 2.05) is 0 Å². The number of methoxy groups -OCH3 is 2. The number of hydrogen-bond acceptors (Lipinski definition) is 6. The van der Waals surface area contributed by atoms with Crippen molar-refractivity contribution in [2.45, 2.75) is 37.6 Å². The molecular formula is C16H21Cl2N3O3. The number of benzene rings is 1. The van der Waals surface area contributed by atoms with Gasteiger partial charge in [0.15, 0.2) is 11.5 Å².